The van der Waals surface area contributed by atoms with Crippen molar-refractivity contribution in [2.45, 2.75) is 19.4 Å². The van der Waals surface area contributed by atoms with E-state index < -0.39 is 0 Å². The van der Waals surface area contributed by atoms with E-state index in [1.807, 2.05) is 6.92 Å². The Labute approximate surface area is 114 Å². The molecule has 1 aromatic rings. The number of benzene rings is 1. The Morgan fingerprint density at radius 3 is 3.06 bits per heavy atom. The monoisotopic (exact) mass is 315 g/mol. The number of morpholine rings is 1. The second-order valence-corrected chi connectivity index (χ2v) is 5.30. The van der Waals surface area contributed by atoms with E-state index in [2.05, 4.69) is 15.9 Å². The average molecular weight is 316 g/mol. The average Bonchev–Trinajstić information content (AvgIpc) is 2.34. The van der Waals surface area contributed by atoms with Gasteiger partial charge in [0.25, 0.3) is 0 Å². The number of carbonyl (C=O) groups is 1. The zero-order valence-corrected chi connectivity index (χ0v) is 11.7. The lowest BCUT2D eigenvalue weighted by Crippen LogP contribution is -2.45. The minimum absolute atomic E-state index is 0.0589. The second kappa shape index (κ2) is 5.80. The Morgan fingerprint density at radius 1 is 1.61 bits per heavy atom. The summed E-state index contributed by atoms with van der Waals surface area (Å²) in [6.45, 7) is 3.79. The highest BCUT2D eigenvalue weighted by molar-refractivity contribution is 9.10. The molecule has 1 aliphatic heterocycles. The summed E-state index contributed by atoms with van der Waals surface area (Å²) in [5, 5.41) is 0. The van der Waals surface area contributed by atoms with Gasteiger partial charge in [-0.25, -0.2) is 4.39 Å². The first-order valence-corrected chi connectivity index (χ1v) is 6.69. The Balaban J connectivity index is 2.00. The van der Waals surface area contributed by atoms with Gasteiger partial charge < -0.3 is 9.64 Å². The smallest absolute Gasteiger partial charge is 0.227 e. The van der Waals surface area contributed by atoms with Crippen molar-refractivity contribution in [3.63, 3.8) is 0 Å². The molecule has 0 bridgehead atoms. The topological polar surface area (TPSA) is 29.5 Å². The Morgan fingerprint density at radius 2 is 2.39 bits per heavy atom. The van der Waals surface area contributed by atoms with Gasteiger partial charge in [0.2, 0.25) is 5.91 Å². The highest BCUT2D eigenvalue weighted by atomic mass is 79.9. The fourth-order valence-corrected chi connectivity index (χ4v) is 2.41. The molecule has 0 radical (unpaired) electrons. The predicted molar refractivity (Wildman–Crippen MR) is 69.8 cm³/mol. The molecule has 1 atom stereocenters. The summed E-state index contributed by atoms with van der Waals surface area (Å²) in [5.74, 6) is -0.255. The van der Waals surface area contributed by atoms with Crippen molar-refractivity contribution in [2.24, 2.45) is 0 Å². The third-order valence-electron chi connectivity index (χ3n) is 2.93. The van der Waals surface area contributed by atoms with Gasteiger partial charge in [-0.05, 0) is 40.5 Å². The number of nitrogens with zero attached hydrogens (tertiary/aromatic N) is 1. The lowest BCUT2D eigenvalue weighted by molar-refractivity contribution is -0.137. The Kier molecular flexibility index (Phi) is 4.35. The zero-order valence-electron chi connectivity index (χ0n) is 10.2. The molecule has 1 fully saturated rings. The number of hydrogen-bond acceptors (Lipinski definition) is 2. The summed E-state index contributed by atoms with van der Waals surface area (Å²) < 4.78 is 18.9. The summed E-state index contributed by atoms with van der Waals surface area (Å²) in [6.07, 6.45) is 0.383. The van der Waals surface area contributed by atoms with Crippen LogP contribution in [-0.4, -0.2) is 36.6 Å². The number of carbonyl (C=O) groups excluding carboxylic acids is 1. The van der Waals surface area contributed by atoms with Crippen LogP contribution in [-0.2, 0) is 16.0 Å². The van der Waals surface area contributed by atoms with Gasteiger partial charge in [0.15, 0.2) is 0 Å². The summed E-state index contributed by atoms with van der Waals surface area (Å²) in [5.41, 5.74) is 0.812. The second-order valence-electron chi connectivity index (χ2n) is 4.45. The van der Waals surface area contributed by atoms with E-state index in [1.54, 1.807) is 17.0 Å². The van der Waals surface area contributed by atoms with Crippen LogP contribution in [0, 0.1) is 5.82 Å². The van der Waals surface area contributed by atoms with Crippen LogP contribution in [0.4, 0.5) is 4.39 Å². The van der Waals surface area contributed by atoms with E-state index in [0.717, 1.165) is 5.56 Å². The summed E-state index contributed by atoms with van der Waals surface area (Å²) >= 11 is 3.12. The van der Waals surface area contributed by atoms with Crippen LogP contribution in [0.2, 0.25) is 0 Å². The lowest BCUT2D eigenvalue weighted by atomic mass is 10.1. The largest absolute Gasteiger partial charge is 0.375 e. The maximum Gasteiger partial charge on any atom is 0.227 e. The van der Waals surface area contributed by atoms with Gasteiger partial charge in [-0.15, -0.1) is 0 Å². The van der Waals surface area contributed by atoms with E-state index in [-0.39, 0.29) is 17.8 Å². The molecule has 98 valence electrons. The van der Waals surface area contributed by atoms with Crippen molar-refractivity contribution in [3.8, 4) is 0 Å². The van der Waals surface area contributed by atoms with E-state index in [4.69, 9.17) is 4.74 Å². The van der Waals surface area contributed by atoms with E-state index in [9.17, 15) is 9.18 Å². The summed E-state index contributed by atoms with van der Waals surface area (Å²) in [7, 11) is 0. The standard InChI is InChI=1S/C13H15BrFNO2/c1-9-8-16(4-5-18-9)13(17)7-10-2-3-12(15)11(14)6-10/h2-3,6,9H,4-5,7-8H2,1H3. The van der Waals surface area contributed by atoms with E-state index in [0.29, 0.717) is 30.6 Å². The molecular weight excluding hydrogens is 301 g/mol. The molecule has 0 N–H and O–H groups in total. The minimum atomic E-state index is -0.314. The minimum Gasteiger partial charge on any atom is -0.375 e. The summed E-state index contributed by atoms with van der Waals surface area (Å²) in [6, 6.07) is 4.66. The van der Waals surface area contributed by atoms with Crippen LogP contribution >= 0.6 is 15.9 Å². The molecule has 1 unspecified atom stereocenters. The van der Waals surface area contributed by atoms with Crippen LogP contribution in [0.1, 0.15) is 12.5 Å². The van der Waals surface area contributed by atoms with Gasteiger partial charge in [0.1, 0.15) is 5.82 Å². The van der Waals surface area contributed by atoms with Crippen molar-refractivity contribution >= 4 is 21.8 Å². The predicted octanol–water partition coefficient (Wildman–Crippen LogP) is 2.38. The lowest BCUT2D eigenvalue weighted by Gasteiger charge is -2.31. The molecular formula is C13H15BrFNO2. The maximum atomic E-state index is 13.1. The first-order chi connectivity index (χ1) is 8.56. The number of ether oxygens (including phenoxy) is 1. The fraction of sp³-hybridized carbons (Fsp3) is 0.462. The Hall–Kier alpha value is -0.940. The zero-order chi connectivity index (χ0) is 13.1. The van der Waals surface area contributed by atoms with Crippen LogP contribution in [0.5, 0.6) is 0 Å². The SMILES string of the molecule is CC1CN(C(=O)Cc2ccc(F)c(Br)c2)CCO1. The third kappa shape index (κ3) is 3.29. The highest BCUT2D eigenvalue weighted by Gasteiger charge is 2.21. The van der Waals surface area contributed by atoms with Crippen LogP contribution in [0.15, 0.2) is 22.7 Å². The van der Waals surface area contributed by atoms with E-state index in [1.165, 1.54) is 6.07 Å². The molecule has 1 amide bonds. The number of amides is 1. The number of halogens is 2. The quantitative estimate of drug-likeness (QED) is 0.838. The van der Waals surface area contributed by atoms with Gasteiger partial charge in [-0.3, -0.25) is 4.79 Å². The van der Waals surface area contributed by atoms with Gasteiger partial charge in [0.05, 0.1) is 23.6 Å². The molecule has 5 heteroatoms. The Bertz CT molecular complexity index is 453. The molecule has 0 saturated carbocycles. The molecule has 18 heavy (non-hydrogen) atoms. The van der Waals surface area contributed by atoms with Crippen LogP contribution in [0.3, 0.4) is 0 Å². The fourth-order valence-electron chi connectivity index (χ4n) is 1.98. The normalized spacial score (nSPS) is 19.9. The maximum absolute atomic E-state index is 13.1. The van der Waals surface area contributed by atoms with Gasteiger partial charge in [0, 0.05) is 13.1 Å². The van der Waals surface area contributed by atoms with Crippen molar-refractivity contribution in [3.05, 3.63) is 34.1 Å². The van der Waals surface area contributed by atoms with Crippen molar-refractivity contribution < 1.29 is 13.9 Å². The van der Waals surface area contributed by atoms with Crippen LogP contribution < -0.4 is 0 Å². The first kappa shape index (κ1) is 13.5. The molecule has 0 aliphatic carbocycles. The molecule has 2 rings (SSSR count). The summed E-state index contributed by atoms with van der Waals surface area (Å²) in [4.78, 5) is 13.9. The van der Waals surface area contributed by atoms with Crippen LogP contribution in [0.25, 0.3) is 0 Å². The third-order valence-corrected chi connectivity index (χ3v) is 3.54. The molecule has 0 aromatic heterocycles. The molecule has 1 saturated heterocycles. The number of hydrogen-bond donors (Lipinski definition) is 0. The van der Waals surface area contributed by atoms with Gasteiger partial charge >= 0.3 is 0 Å². The first-order valence-electron chi connectivity index (χ1n) is 5.89. The number of rotatable bonds is 2. The van der Waals surface area contributed by atoms with E-state index >= 15 is 0 Å². The van der Waals surface area contributed by atoms with Crippen molar-refractivity contribution in [2.75, 3.05) is 19.7 Å². The molecule has 1 heterocycles. The molecule has 3 nitrogen and oxygen atoms in total. The van der Waals surface area contributed by atoms with Crippen molar-refractivity contribution in [1.29, 1.82) is 0 Å². The molecule has 1 aliphatic rings. The van der Waals surface area contributed by atoms with Crippen molar-refractivity contribution in [1.82, 2.24) is 4.90 Å². The van der Waals surface area contributed by atoms with Gasteiger partial charge in [-0.1, -0.05) is 6.07 Å². The molecule has 1 aromatic carbocycles. The molecule has 0 spiro atoms. The highest BCUT2D eigenvalue weighted by Crippen LogP contribution is 2.18. The van der Waals surface area contributed by atoms with Gasteiger partial charge in [-0.2, -0.15) is 0 Å².